The van der Waals surface area contributed by atoms with Crippen molar-refractivity contribution in [3.05, 3.63) is 65.7 Å². The summed E-state index contributed by atoms with van der Waals surface area (Å²) in [4.78, 5) is 23.0. The summed E-state index contributed by atoms with van der Waals surface area (Å²) < 4.78 is 0. The van der Waals surface area contributed by atoms with E-state index in [1.165, 1.54) is 0 Å². The minimum Gasteiger partial charge on any atom is -0.479 e. The third kappa shape index (κ3) is 3.73. The number of alkyl halides is 1. The molecule has 0 saturated carbocycles. The summed E-state index contributed by atoms with van der Waals surface area (Å²) in [5, 5.41) is 15.9. The number of carboxylic acid groups (broad SMARTS) is 1. The van der Waals surface area contributed by atoms with Gasteiger partial charge in [0, 0.05) is 5.56 Å². The van der Waals surface area contributed by atoms with E-state index in [-0.39, 0.29) is 11.5 Å². The normalized spacial score (nSPS) is 12.2. The third-order valence-electron chi connectivity index (χ3n) is 2.66. The summed E-state index contributed by atoms with van der Waals surface area (Å²) in [7, 11) is 0. The first-order valence-electron chi connectivity index (χ1n) is 6.06. The van der Waals surface area contributed by atoms with Gasteiger partial charge < -0.3 is 5.11 Å². The van der Waals surface area contributed by atoms with Crippen LogP contribution in [-0.2, 0) is 4.79 Å². The van der Waals surface area contributed by atoms with Crippen LogP contribution in [0.5, 0.6) is 0 Å². The van der Waals surface area contributed by atoms with Crippen LogP contribution < -0.4 is 0 Å². The minimum atomic E-state index is -1.48. The first-order valence-corrected chi connectivity index (χ1v) is 6.50. The standard InChI is InChI=1S/C15H11ClN2O3/c16-14(15(20)21)18-17-12-9-5-4-8-11(12)13(19)10-6-2-1-3-7-10/h1-9,14H,(H,20,21). The summed E-state index contributed by atoms with van der Waals surface area (Å²) in [5.41, 5.74) is -0.356. The molecule has 0 fully saturated rings. The molecule has 2 aromatic carbocycles. The maximum atomic E-state index is 12.4. The number of hydrogen-bond donors (Lipinski definition) is 1. The number of nitrogens with zero attached hydrogens (tertiary/aromatic N) is 2. The van der Waals surface area contributed by atoms with Gasteiger partial charge in [-0.2, -0.15) is 10.2 Å². The largest absolute Gasteiger partial charge is 0.479 e. The molecule has 0 saturated heterocycles. The van der Waals surface area contributed by atoms with Crippen molar-refractivity contribution in [1.29, 1.82) is 0 Å². The molecule has 1 N–H and O–H groups in total. The van der Waals surface area contributed by atoms with Crippen LogP contribution in [0, 0.1) is 0 Å². The molecule has 0 aliphatic rings. The van der Waals surface area contributed by atoms with Crippen LogP contribution in [0.15, 0.2) is 64.8 Å². The Morgan fingerprint density at radius 3 is 2.29 bits per heavy atom. The molecule has 0 aromatic heterocycles. The molecule has 0 aliphatic carbocycles. The molecule has 0 bridgehead atoms. The van der Waals surface area contributed by atoms with E-state index in [0.717, 1.165) is 0 Å². The van der Waals surface area contributed by atoms with Crippen LogP contribution >= 0.6 is 11.6 Å². The number of benzene rings is 2. The molecular weight excluding hydrogens is 292 g/mol. The quantitative estimate of drug-likeness (QED) is 0.396. The van der Waals surface area contributed by atoms with E-state index >= 15 is 0 Å². The highest BCUT2D eigenvalue weighted by Crippen LogP contribution is 2.23. The van der Waals surface area contributed by atoms with E-state index in [9.17, 15) is 9.59 Å². The Labute approximate surface area is 125 Å². The van der Waals surface area contributed by atoms with Crippen LogP contribution in [0.4, 0.5) is 5.69 Å². The van der Waals surface area contributed by atoms with Crippen molar-refractivity contribution in [3.8, 4) is 0 Å². The van der Waals surface area contributed by atoms with Crippen molar-refractivity contribution in [3.63, 3.8) is 0 Å². The van der Waals surface area contributed by atoms with Crippen LogP contribution in [0.2, 0.25) is 0 Å². The molecule has 0 radical (unpaired) electrons. The smallest absolute Gasteiger partial charge is 0.345 e. The Morgan fingerprint density at radius 1 is 1.00 bits per heavy atom. The summed E-state index contributed by atoms with van der Waals surface area (Å²) in [5.74, 6) is -1.51. The molecule has 1 unspecified atom stereocenters. The van der Waals surface area contributed by atoms with Gasteiger partial charge in [-0.15, -0.1) is 0 Å². The topological polar surface area (TPSA) is 79.1 Å². The van der Waals surface area contributed by atoms with Crippen LogP contribution in [0.1, 0.15) is 15.9 Å². The average Bonchev–Trinajstić information content (AvgIpc) is 2.53. The third-order valence-corrected chi connectivity index (χ3v) is 2.93. The van der Waals surface area contributed by atoms with Crippen LogP contribution in [0.3, 0.4) is 0 Å². The number of azo groups is 1. The molecule has 2 aromatic rings. The number of ketones is 1. The predicted molar refractivity (Wildman–Crippen MR) is 78.1 cm³/mol. The molecule has 1 atom stereocenters. The Morgan fingerprint density at radius 2 is 1.62 bits per heavy atom. The first-order chi connectivity index (χ1) is 10.1. The summed E-state index contributed by atoms with van der Waals surface area (Å²) in [6.45, 7) is 0. The lowest BCUT2D eigenvalue weighted by Gasteiger charge is -2.04. The number of rotatable bonds is 5. The van der Waals surface area contributed by atoms with E-state index < -0.39 is 11.5 Å². The fourth-order valence-electron chi connectivity index (χ4n) is 1.66. The Balaban J connectivity index is 2.33. The van der Waals surface area contributed by atoms with Gasteiger partial charge >= 0.3 is 5.97 Å². The fourth-order valence-corrected chi connectivity index (χ4v) is 1.70. The number of hydrogen-bond acceptors (Lipinski definition) is 4. The van der Waals surface area contributed by atoms with E-state index in [1.807, 2.05) is 6.07 Å². The highest BCUT2D eigenvalue weighted by Gasteiger charge is 2.15. The second-order valence-corrected chi connectivity index (χ2v) is 4.52. The monoisotopic (exact) mass is 302 g/mol. The van der Waals surface area contributed by atoms with Crippen molar-refractivity contribution in [2.24, 2.45) is 10.2 Å². The number of carbonyl (C=O) groups is 2. The second-order valence-electron chi connectivity index (χ2n) is 4.10. The van der Waals surface area contributed by atoms with Crippen molar-refractivity contribution in [2.45, 2.75) is 5.50 Å². The van der Waals surface area contributed by atoms with E-state index in [0.29, 0.717) is 11.1 Å². The molecule has 2 rings (SSSR count). The van der Waals surface area contributed by atoms with Gasteiger partial charge in [0.1, 0.15) is 0 Å². The van der Waals surface area contributed by atoms with E-state index in [4.69, 9.17) is 16.7 Å². The Kier molecular flexibility index (Phi) is 4.79. The maximum Gasteiger partial charge on any atom is 0.345 e. The zero-order valence-corrected chi connectivity index (χ0v) is 11.6. The van der Waals surface area contributed by atoms with Gasteiger partial charge in [-0.05, 0) is 12.1 Å². The van der Waals surface area contributed by atoms with Crippen molar-refractivity contribution >= 4 is 29.0 Å². The van der Waals surface area contributed by atoms with Crippen molar-refractivity contribution < 1.29 is 14.7 Å². The number of carboxylic acids is 1. The van der Waals surface area contributed by atoms with Gasteiger partial charge in [-0.3, -0.25) is 4.79 Å². The van der Waals surface area contributed by atoms with E-state index in [2.05, 4.69) is 10.2 Å². The lowest BCUT2D eigenvalue weighted by molar-refractivity contribution is -0.136. The number of carbonyl (C=O) groups excluding carboxylic acids is 1. The Hall–Kier alpha value is -2.53. The highest BCUT2D eigenvalue weighted by atomic mass is 35.5. The molecule has 0 heterocycles. The fraction of sp³-hybridized carbons (Fsp3) is 0.0667. The van der Waals surface area contributed by atoms with Gasteiger partial charge in [0.05, 0.1) is 11.3 Å². The average molecular weight is 303 g/mol. The van der Waals surface area contributed by atoms with Crippen LogP contribution in [-0.4, -0.2) is 22.4 Å². The number of aliphatic carboxylic acids is 1. The Bertz CT molecular complexity index is 686. The molecule has 0 amide bonds. The zero-order valence-electron chi connectivity index (χ0n) is 10.8. The maximum absolute atomic E-state index is 12.4. The lowest BCUT2D eigenvalue weighted by atomic mass is 10.0. The summed E-state index contributed by atoms with van der Waals surface area (Å²) in [6, 6.07) is 15.3. The molecule has 0 spiro atoms. The zero-order chi connectivity index (χ0) is 15.2. The first kappa shape index (κ1) is 14.9. The highest BCUT2D eigenvalue weighted by molar-refractivity contribution is 6.29. The van der Waals surface area contributed by atoms with Crippen molar-refractivity contribution in [1.82, 2.24) is 0 Å². The van der Waals surface area contributed by atoms with Crippen LogP contribution in [0.25, 0.3) is 0 Å². The molecule has 6 heteroatoms. The van der Waals surface area contributed by atoms with Gasteiger partial charge in [-0.25, -0.2) is 4.79 Å². The summed E-state index contributed by atoms with van der Waals surface area (Å²) in [6.07, 6.45) is 0. The van der Waals surface area contributed by atoms with Gasteiger partial charge in [0.15, 0.2) is 5.78 Å². The lowest BCUT2D eigenvalue weighted by Crippen LogP contribution is -2.09. The summed E-state index contributed by atoms with van der Waals surface area (Å²) >= 11 is 5.47. The molecular formula is C15H11ClN2O3. The number of halogens is 1. The molecule has 0 aliphatic heterocycles. The molecule has 5 nitrogen and oxygen atoms in total. The minimum absolute atomic E-state index is 0.216. The van der Waals surface area contributed by atoms with Gasteiger partial charge in [-0.1, -0.05) is 54.1 Å². The van der Waals surface area contributed by atoms with Crippen molar-refractivity contribution in [2.75, 3.05) is 0 Å². The van der Waals surface area contributed by atoms with E-state index in [1.54, 1.807) is 48.5 Å². The van der Waals surface area contributed by atoms with Gasteiger partial charge in [0.25, 0.3) is 0 Å². The van der Waals surface area contributed by atoms with Gasteiger partial charge in [0.2, 0.25) is 5.50 Å². The molecule has 106 valence electrons. The SMILES string of the molecule is O=C(c1ccccc1)c1ccccc1N=NC(Cl)C(=O)O. The molecule has 21 heavy (non-hydrogen) atoms. The predicted octanol–water partition coefficient (Wildman–Crippen LogP) is 3.65. The second kappa shape index (κ2) is 6.76.